The van der Waals surface area contributed by atoms with Crippen molar-refractivity contribution in [2.24, 2.45) is 16.2 Å². The summed E-state index contributed by atoms with van der Waals surface area (Å²) in [5, 5.41) is 0. The smallest absolute Gasteiger partial charge is 0.469 e. The van der Waals surface area contributed by atoms with Gasteiger partial charge in [-0.15, -0.1) is 13.2 Å². The number of esters is 1. The Morgan fingerprint density at radius 1 is 0.968 bits per heavy atom. The molecule has 4 saturated carbocycles. The van der Waals surface area contributed by atoms with Crippen molar-refractivity contribution >= 4 is 16.0 Å². The summed E-state index contributed by atoms with van der Waals surface area (Å²) in [7, 11) is -2.68. The van der Waals surface area contributed by atoms with E-state index in [1.807, 2.05) is 0 Å². The number of hydrogen-bond acceptors (Lipinski definition) is 5. The average molecular weight is 462 g/mol. The maximum atomic E-state index is 13.2. The van der Waals surface area contributed by atoms with Gasteiger partial charge in [0.25, 0.3) is 0 Å². The van der Waals surface area contributed by atoms with Crippen LogP contribution in [0.2, 0.25) is 0 Å². The van der Waals surface area contributed by atoms with Crippen LogP contribution < -0.4 is 9.46 Å². The van der Waals surface area contributed by atoms with Crippen molar-refractivity contribution in [3.63, 3.8) is 0 Å². The van der Waals surface area contributed by atoms with Gasteiger partial charge in [0.15, 0.2) is 0 Å². The molecule has 1 N–H and O–H groups in total. The van der Waals surface area contributed by atoms with Gasteiger partial charge in [0.2, 0.25) is 10.0 Å². The minimum Gasteiger partial charge on any atom is -0.469 e. The molecule has 0 saturated heterocycles. The number of benzene rings is 1. The fourth-order valence-corrected chi connectivity index (χ4v) is 8.80. The van der Waals surface area contributed by atoms with Crippen LogP contribution in [0.5, 0.6) is 5.75 Å². The van der Waals surface area contributed by atoms with Gasteiger partial charge in [-0.05, 0) is 73.6 Å². The molecule has 0 spiro atoms. The van der Waals surface area contributed by atoms with Gasteiger partial charge in [0, 0.05) is 5.54 Å². The minimum atomic E-state index is -4.86. The van der Waals surface area contributed by atoms with Crippen molar-refractivity contribution in [3.8, 4) is 5.75 Å². The Labute approximate surface area is 179 Å². The molecule has 0 amide bonds. The second-order valence-electron chi connectivity index (χ2n) is 10.4. The van der Waals surface area contributed by atoms with Crippen LogP contribution in [-0.4, -0.2) is 33.4 Å². The molecular formula is C21H26F3NO5S. The number of sulfonamides is 1. The normalized spacial score (nSPS) is 37.0. The zero-order valence-corrected chi connectivity index (χ0v) is 18.5. The molecule has 1 aromatic carbocycles. The lowest BCUT2D eigenvalue weighted by molar-refractivity contribution is -0.274. The Balaban J connectivity index is 1.64. The first-order valence-electron chi connectivity index (χ1n) is 10.1. The molecule has 4 bridgehead atoms. The summed E-state index contributed by atoms with van der Waals surface area (Å²) >= 11 is 0. The maximum absolute atomic E-state index is 13.2. The third kappa shape index (κ3) is 4.04. The van der Waals surface area contributed by atoms with Crippen LogP contribution in [0.25, 0.3) is 0 Å². The highest BCUT2D eigenvalue weighted by molar-refractivity contribution is 7.89. The Morgan fingerprint density at radius 3 is 2.00 bits per heavy atom. The fraction of sp³-hybridized carbons (Fsp3) is 0.667. The van der Waals surface area contributed by atoms with Gasteiger partial charge >= 0.3 is 12.3 Å². The molecule has 4 aliphatic carbocycles. The summed E-state index contributed by atoms with van der Waals surface area (Å²) < 4.78 is 75.3. The van der Waals surface area contributed by atoms with Crippen molar-refractivity contribution in [3.05, 3.63) is 24.3 Å². The van der Waals surface area contributed by atoms with E-state index < -0.39 is 33.1 Å². The molecule has 172 valence electrons. The lowest BCUT2D eigenvalue weighted by Gasteiger charge is -2.68. The average Bonchev–Trinajstić information content (AvgIpc) is 2.55. The van der Waals surface area contributed by atoms with E-state index in [0.717, 1.165) is 30.7 Å². The van der Waals surface area contributed by atoms with E-state index in [2.05, 4.69) is 23.3 Å². The highest BCUT2D eigenvalue weighted by atomic mass is 32.2. The lowest BCUT2D eigenvalue weighted by Crippen LogP contribution is -2.69. The largest absolute Gasteiger partial charge is 0.573 e. The number of carbonyl (C=O) groups excluding carboxylic acids is 1. The second-order valence-corrected chi connectivity index (χ2v) is 12.0. The number of halogens is 3. The van der Waals surface area contributed by atoms with E-state index in [0.29, 0.717) is 32.1 Å². The highest BCUT2D eigenvalue weighted by Gasteiger charge is 2.69. The third-order valence-corrected chi connectivity index (χ3v) is 8.52. The summed E-state index contributed by atoms with van der Waals surface area (Å²) in [6.45, 7) is 4.18. The van der Waals surface area contributed by atoms with Crippen LogP contribution in [0.4, 0.5) is 13.2 Å². The molecule has 2 unspecified atom stereocenters. The van der Waals surface area contributed by atoms with Gasteiger partial charge in [-0.1, -0.05) is 13.8 Å². The van der Waals surface area contributed by atoms with Gasteiger partial charge in [0.05, 0.1) is 17.4 Å². The van der Waals surface area contributed by atoms with Gasteiger partial charge in [-0.3, -0.25) is 4.79 Å². The van der Waals surface area contributed by atoms with E-state index in [9.17, 15) is 26.4 Å². The van der Waals surface area contributed by atoms with E-state index >= 15 is 0 Å². The van der Waals surface area contributed by atoms with Crippen molar-refractivity contribution in [2.75, 3.05) is 7.11 Å². The topological polar surface area (TPSA) is 81.7 Å². The number of rotatable bonds is 5. The van der Waals surface area contributed by atoms with Crippen LogP contribution in [0.3, 0.4) is 0 Å². The maximum Gasteiger partial charge on any atom is 0.573 e. The van der Waals surface area contributed by atoms with Gasteiger partial charge in [-0.25, -0.2) is 13.1 Å². The Morgan fingerprint density at radius 2 is 1.52 bits per heavy atom. The van der Waals surface area contributed by atoms with Crippen molar-refractivity contribution < 1.29 is 35.9 Å². The molecule has 2 atom stereocenters. The monoisotopic (exact) mass is 461 g/mol. The number of methoxy groups -OCH3 is 1. The highest BCUT2D eigenvalue weighted by Crippen LogP contribution is 2.71. The molecule has 4 fully saturated rings. The predicted molar refractivity (Wildman–Crippen MR) is 105 cm³/mol. The Hall–Kier alpha value is -1.81. The molecule has 0 heterocycles. The van der Waals surface area contributed by atoms with Crippen LogP contribution in [0.15, 0.2) is 29.2 Å². The van der Waals surface area contributed by atoms with Crippen molar-refractivity contribution in [1.29, 1.82) is 0 Å². The van der Waals surface area contributed by atoms with Crippen LogP contribution in [0.1, 0.15) is 52.4 Å². The summed E-state index contributed by atoms with van der Waals surface area (Å²) in [5.74, 6) is -0.799. The first kappa shape index (κ1) is 22.4. The zero-order chi connectivity index (χ0) is 22.9. The quantitative estimate of drug-likeness (QED) is 0.666. The third-order valence-electron chi connectivity index (χ3n) is 6.93. The van der Waals surface area contributed by atoms with Crippen LogP contribution in [0, 0.1) is 16.2 Å². The van der Waals surface area contributed by atoms with E-state index in [1.54, 1.807) is 0 Å². The zero-order valence-electron chi connectivity index (χ0n) is 17.6. The Kier molecular flexibility index (Phi) is 4.77. The molecular weight excluding hydrogens is 435 g/mol. The number of nitrogens with one attached hydrogen (secondary N) is 1. The molecule has 0 aliphatic heterocycles. The van der Waals surface area contributed by atoms with E-state index in [-0.39, 0.29) is 21.7 Å². The van der Waals surface area contributed by atoms with Gasteiger partial charge < -0.3 is 9.47 Å². The molecule has 10 heteroatoms. The molecule has 0 radical (unpaired) electrons. The lowest BCUT2D eigenvalue weighted by atomic mass is 9.38. The Bertz CT molecular complexity index is 987. The van der Waals surface area contributed by atoms with Gasteiger partial charge in [-0.2, -0.15) is 0 Å². The summed E-state index contributed by atoms with van der Waals surface area (Å²) in [4.78, 5) is 12.6. The molecule has 5 rings (SSSR count). The summed E-state index contributed by atoms with van der Waals surface area (Å²) in [5.41, 5.74) is -1.96. The molecule has 4 aliphatic rings. The number of carbonyl (C=O) groups is 1. The summed E-state index contributed by atoms with van der Waals surface area (Å²) in [6, 6.07) is 4.12. The van der Waals surface area contributed by atoms with E-state index in [4.69, 9.17) is 4.74 Å². The molecule has 31 heavy (non-hydrogen) atoms. The SMILES string of the molecule is COC(=O)C12CC3(C)CC(C)(CC(NS(=O)(=O)c4ccc(OC(F)(F)F)cc4)(C3)C1)C2. The predicted octanol–water partition coefficient (Wildman–Crippen LogP) is 4.16. The molecule has 0 aromatic heterocycles. The number of ether oxygens (including phenoxy) is 2. The second kappa shape index (κ2) is 6.60. The first-order chi connectivity index (χ1) is 14.1. The summed E-state index contributed by atoms with van der Waals surface area (Å²) in [6.07, 6.45) is -1.07. The molecule has 1 aromatic rings. The fourth-order valence-electron chi connectivity index (χ4n) is 7.40. The van der Waals surface area contributed by atoms with Crippen LogP contribution >= 0.6 is 0 Å². The number of alkyl halides is 3. The van der Waals surface area contributed by atoms with E-state index in [1.165, 1.54) is 7.11 Å². The molecule has 6 nitrogen and oxygen atoms in total. The number of hydrogen-bond donors (Lipinski definition) is 1. The van der Waals surface area contributed by atoms with Gasteiger partial charge in [0.1, 0.15) is 5.75 Å². The first-order valence-corrected chi connectivity index (χ1v) is 11.6. The van der Waals surface area contributed by atoms with Crippen molar-refractivity contribution in [2.45, 2.75) is 69.2 Å². The van der Waals surface area contributed by atoms with Crippen molar-refractivity contribution in [1.82, 2.24) is 4.72 Å². The minimum absolute atomic E-state index is 0.153. The van der Waals surface area contributed by atoms with Crippen LogP contribution in [-0.2, 0) is 19.6 Å². The standard InChI is InChI=1S/C21H26F3NO5S/c1-17-8-18(2)10-19(9-17,16(26)29-3)13-20(11-17,12-18)25-31(27,28)15-6-4-14(5-7-15)30-21(22,23)24/h4-7,25H,8-13H2,1-3H3.